The van der Waals surface area contributed by atoms with Gasteiger partial charge in [0, 0.05) is 0 Å². The Morgan fingerprint density at radius 3 is 2.22 bits per heavy atom. The van der Waals surface area contributed by atoms with Crippen molar-refractivity contribution in [3.63, 3.8) is 0 Å². The average molecular weight is 275 g/mol. The quantitative estimate of drug-likeness (QED) is 0.605. The van der Waals surface area contributed by atoms with Crippen LogP contribution >= 0.6 is 0 Å². The molecule has 0 bridgehead atoms. The van der Waals surface area contributed by atoms with Gasteiger partial charge in [-0.15, -0.1) is 0 Å². The molecule has 0 amide bonds. The number of ether oxygens (including phenoxy) is 1. The number of halogens is 7. The van der Waals surface area contributed by atoms with Crippen LogP contribution in [-0.2, 0) is 0 Å². The van der Waals surface area contributed by atoms with Gasteiger partial charge in [-0.05, 0) is 18.2 Å². The third-order valence-corrected chi connectivity index (χ3v) is 1.97. The lowest BCUT2D eigenvalue weighted by atomic mass is 9.79. The minimum absolute atomic E-state index is 0.197. The molecule has 0 aliphatic carbocycles. The van der Waals surface area contributed by atoms with E-state index in [1.807, 2.05) is 0 Å². The number of rotatable bonds is 4. The van der Waals surface area contributed by atoms with Crippen molar-refractivity contribution in [2.75, 3.05) is 6.61 Å². The van der Waals surface area contributed by atoms with Crippen molar-refractivity contribution in [2.24, 2.45) is 0 Å². The lowest BCUT2D eigenvalue weighted by Gasteiger charge is -2.20. The Morgan fingerprint density at radius 1 is 1.11 bits per heavy atom. The van der Waals surface area contributed by atoms with Crippen LogP contribution in [0.3, 0.4) is 0 Å². The first-order valence-corrected chi connectivity index (χ1v) is 4.78. The van der Waals surface area contributed by atoms with E-state index in [-0.39, 0.29) is 6.07 Å². The molecule has 102 valence electrons. The molecule has 0 aliphatic heterocycles. The third-order valence-electron chi connectivity index (χ3n) is 1.97. The fourth-order valence-electron chi connectivity index (χ4n) is 1.18. The minimum Gasteiger partial charge on any atom is -0.496 e. The Kier molecular flexibility index (Phi) is 4.13. The first kappa shape index (κ1) is 14.7. The molecule has 1 rings (SSSR count). The number of hydrogen-bond donors (Lipinski definition) is 0. The first-order valence-electron chi connectivity index (χ1n) is 4.78. The van der Waals surface area contributed by atoms with Gasteiger partial charge in [0.25, 0.3) is 0 Å². The van der Waals surface area contributed by atoms with Crippen molar-refractivity contribution < 1.29 is 35.2 Å². The van der Waals surface area contributed by atoms with Gasteiger partial charge in [0.1, 0.15) is 5.82 Å². The molecule has 0 aliphatic rings. The largest absolute Gasteiger partial charge is 0.513 e. The lowest BCUT2D eigenvalue weighted by Crippen LogP contribution is -2.36. The van der Waals surface area contributed by atoms with Gasteiger partial charge in [-0.2, -0.15) is 13.2 Å². The summed E-state index contributed by atoms with van der Waals surface area (Å²) in [6.45, 7) is -6.50. The summed E-state index contributed by atoms with van der Waals surface area (Å²) in [7, 11) is 0. The van der Waals surface area contributed by atoms with E-state index in [1.165, 1.54) is 0 Å². The highest BCUT2D eigenvalue weighted by Crippen LogP contribution is 2.22. The second-order valence-corrected chi connectivity index (χ2v) is 3.47. The zero-order valence-electron chi connectivity index (χ0n) is 8.78. The van der Waals surface area contributed by atoms with Crippen LogP contribution in [0.15, 0.2) is 18.2 Å². The van der Waals surface area contributed by atoms with Gasteiger partial charge < -0.3 is 17.7 Å². The van der Waals surface area contributed by atoms with Crippen molar-refractivity contribution in [3.8, 4) is 5.75 Å². The standard InChI is InChI=1S/C9H7BF7O/c11-6-1-2-8(7(5-6)10(15,16)17)18-4-3-9(12,13)14/h1-2,5H,3-4H2/q-1. The van der Waals surface area contributed by atoms with Gasteiger partial charge in [0.05, 0.1) is 18.8 Å². The summed E-state index contributed by atoms with van der Waals surface area (Å²) in [5.74, 6) is -1.93. The monoisotopic (exact) mass is 275 g/mol. The Bertz CT molecular complexity index is 412. The van der Waals surface area contributed by atoms with Crippen molar-refractivity contribution in [2.45, 2.75) is 12.6 Å². The summed E-state index contributed by atoms with van der Waals surface area (Å²) in [5.41, 5.74) is -1.38. The summed E-state index contributed by atoms with van der Waals surface area (Å²) < 4.78 is 89.9. The summed E-state index contributed by atoms with van der Waals surface area (Å²) in [6.07, 6.45) is -5.90. The Balaban J connectivity index is 2.83. The fraction of sp³-hybridized carbons (Fsp3) is 0.333. The maximum absolute atomic E-state index is 12.7. The van der Waals surface area contributed by atoms with Crippen LogP contribution < -0.4 is 10.2 Å². The van der Waals surface area contributed by atoms with Gasteiger partial charge in [0.15, 0.2) is 0 Å². The summed E-state index contributed by atoms with van der Waals surface area (Å²) in [5, 5.41) is 0. The molecule has 0 spiro atoms. The predicted molar refractivity (Wildman–Crippen MR) is 51.3 cm³/mol. The van der Waals surface area contributed by atoms with E-state index < -0.39 is 43.2 Å². The molecule has 0 saturated carbocycles. The number of alkyl halides is 3. The number of benzene rings is 1. The highest BCUT2D eigenvalue weighted by Gasteiger charge is 2.31. The van der Waals surface area contributed by atoms with Crippen LogP contribution in [0.1, 0.15) is 6.42 Å². The van der Waals surface area contributed by atoms with Crippen LogP contribution in [-0.4, -0.2) is 19.8 Å². The molecule has 1 aromatic carbocycles. The summed E-state index contributed by atoms with van der Waals surface area (Å²) in [6, 6.07) is 1.55. The first-order chi connectivity index (χ1) is 8.09. The summed E-state index contributed by atoms with van der Waals surface area (Å²) in [4.78, 5) is 0. The van der Waals surface area contributed by atoms with E-state index in [9.17, 15) is 30.5 Å². The number of hydrogen-bond acceptors (Lipinski definition) is 1. The molecule has 0 heterocycles. The second-order valence-electron chi connectivity index (χ2n) is 3.47. The molecule has 9 heteroatoms. The van der Waals surface area contributed by atoms with Crippen LogP contribution in [0.4, 0.5) is 30.5 Å². The van der Waals surface area contributed by atoms with E-state index in [4.69, 9.17) is 0 Å². The molecular formula is C9H7BF7O-. The Labute approximate surface area is 97.6 Å². The third kappa shape index (κ3) is 4.46. The fourth-order valence-corrected chi connectivity index (χ4v) is 1.18. The van der Waals surface area contributed by atoms with Crippen LogP contribution in [0, 0.1) is 5.82 Å². The van der Waals surface area contributed by atoms with E-state index in [2.05, 4.69) is 4.74 Å². The van der Waals surface area contributed by atoms with Gasteiger partial charge >= 0.3 is 13.2 Å². The van der Waals surface area contributed by atoms with Crippen LogP contribution in [0.2, 0.25) is 0 Å². The second kappa shape index (κ2) is 5.07. The van der Waals surface area contributed by atoms with Gasteiger partial charge in [0.2, 0.25) is 0 Å². The lowest BCUT2D eigenvalue weighted by molar-refractivity contribution is -0.139. The Morgan fingerprint density at radius 2 is 1.72 bits per heavy atom. The molecule has 1 aromatic rings. The average Bonchev–Trinajstić information content (AvgIpc) is 2.17. The zero-order valence-corrected chi connectivity index (χ0v) is 8.78. The molecule has 0 saturated heterocycles. The smallest absolute Gasteiger partial charge is 0.496 e. The molecule has 0 atom stereocenters. The maximum atomic E-state index is 12.7. The molecule has 18 heavy (non-hydrogen) atoms. The zero-order chi connectivity index (χ0) is 14.0. The molecule has 0 unspecified atom stereocenters. The summed E-state index contributed by atoms with van der Waals surface area (Å²) >= 11 is 0. The maximum Gasteiger partial charge on any atom is 0.513 e. The predicted octanol–water partition coefficient (Wildman–Crippen LogP) is 3.21. The highest BCUT2D eigenvalue weighted by atomic mass is 19.4. The molecular weight excluding hydrogens is 268 g/mol. The molecule has 1 nitrogen and oxygen atoms in total. The van der Waals surface area contributed by atoms with Crippen molar-refractivity contribution in [3.05, 3.63) is 24.0 Å². The molecule has 0 radical (unpaired) electrons. The molecule has 0 N–H and O–H groups in total. The van der Waals surface area contributed by atoms with E-state index in [1.54, 1.807) is 0 Å². The minimum atomic E-state index is -5.55. The highest BCUT2D eigenvalue weighted by molar-refractivity contribution is 6.74. The van der Waals surface area contributed by atoms with E-state index in [0.717, 1.165) is 0 Å². The molecule has 0 fully saturated rings. The van der Waals surface area contributed by atoms with Crippen molar-refractivity contribution in [1.82, 2.24) is 0 Å². The SMILES string of the molecule is Fc1ccc(OCCC(F)(F)F)c([B-](F)(F)F)c1. The Hall–Kier alpha value is -1.41. The van der Waals surface area contributed by atoms with Crippen LogP contribution in [0.25, 0.3) is 0 Å². The topological polar surface area (TPSA) is 9.23 Å². The van der Waals surface area contributed by atoms with Crippen LogP contribution in [0.5, 0.6) is 5.75 Å². The van der Waals surface area contributed by atoms with Crippen molar-refractivity contribution in [1.29, 1.82) is 0 Å². The van der Waals surface area contributed by atoms with Crippen molar-refractivity contribution >= 4 is 12.4 Å². The van der Waals surface area contributed by atoms with Gasteiger partial charge in [-0.1, -0.05) is 5.46 Å². The van der Waals surface area contributed by atoms with E-state index >= 15 is 0 Å². The van der Waals surface area contributed by atoms with Gasteiger partial charge in [-0.3, -0.25) is 0 Å². The normalized spacial score (nSPS) is 12.6. The van der Waals surface area contributed by atoms with Gasteiger partial charge in [-0.25, -0.2) is 4.39 Å². The molecule has 0 aromatic heterocycles. The van der Waals surface area contributed by atoms with E-state index in [0.29, 0.717) is 12.1 Å².